The van der Waals surface area contributed by atoms with Crippen LogP contribution in [0.15, 0.2) is 0 Å². The van der Waals surface area contributed by atoms with Gasteiger partial charge in [-0.25, -0.2) is 0 Å². The molecule has 0 aromatic rings. The summed E-state index contributed by atoms with van der Waals surface area (Å²) >= 11 is 0. The molecule has 2 rings (SSSR count). The van der Waals surface area contributed by atoms with E-state index in [0.717, 1.165) is 38.9 Å². The van der Waals surface area contributed by atoms with Crippen molar-refractivity contribution in [1.29, 1.82) is 0 Å². The number of aliphatic hydroxyl groups is 1. The number of rotatable bonds is 2. The largest absolute Gasteiger partial charge is 0.391 e. The minimum absolute atomic E-state index is 0.0596. The predicted octanol–water partition coefficient (Wildman–Crippen LogP) is 1.09. The molecule has 4 nitrogen and oxygen atoms in total. The zero-order chi connectivity index (χ0) is 13.1. The number of hydrogen-bond donors (Lipinski definition) is 1. The highest BCUT2D eigenvalue weighted by Crippen LogP contribution is 2.22. The number of aliphatic hydroxyl groups excluding tert-OH is 1. The van der Waals surface area contributed by atoms with Crippen molar-refractivity contribution in [2.24, 2.45) is 5.92 Å². The summed E-state index contributed by atoms with van der Waals surface area (Å²) in [7, 11) is 0. The van der Waals surface area contributed by atoms with Crippen LogP contribution in [0.1, 0.15) is 39.5 Å². The molecule has 0 saturated carbocycles. The van der Waals surface area contributed by atoms with Crippen LogP contribution in [0.3, 0.4) is 0 Å². The SMILES string of the molecule is CCN1CCCCC1C(=O)N1CCC(C)C(O)C1. The van der Waals surface area contributed by atoms with Gasteiger partial charge in [0.1, 0.15) is 0 Å². The van der Waals surface area contributed by atoms with E-state index in [1.807, 2.05) is 4.90 Å². The molecule has 0 bridgehead atoms. The Morgan fingerprint density at radius 2 is 2.06 bits per heavy atom. The van der Waals surface area contributed by atoms with Crippen LogP contribution in [-0.2, 0) is 4.79 Å². The highest BCUT2D eigenvalue weighted by molar-refractivity contribution is 5.82. The molecule has 104 valence electrons. The number of hydrogen-bond acceptors (Lipinski definition) is 3. The van der Waals surface area contributed by atoms with Gasteiger partial charge in [0, 0.05) is 13.1 Å². The smallest absolute Gasteiger partial charge is 0.240 e. The Balaban J connectivity index is 1.97. The van der Waals surface area contributed by atoms with Crippen LogP contribution in [0, 0.1) is 5.92 Å². The maximum atomic E-state index is 12.5. The lowest BCUT2D eigenvalue weighted by Crippen LogP contribution is -2.54. The number of β-amino-alcohol motifs (C(OH)–C–C–N with tert-alkyl or cyclic N) is 1. The van der Waals surface area contributed by atoms with Gasteiger partial charge in [0.15, 0.2) is 0 Å². The maximum absolute atomic E-state index is 12.5. The van der Waals surface area contributed by atoms with Gasteiger partial charge in [0.05, 0.1) is 12.1 Å². The van der Waals surface area contributed by atoms with E-state index in [1.54, 1.807) is 0 Å². The van der Waals surface area contributed by atoms with Gasteiger partial charge >= 0.3 is 0 Å². The first-order chi connectivity index (χ1) is 8.63. The lowest BCUT2D eigenvalue weighted by atomic mass is 9.94. The van der Waals surface area contributed by atoms with Gasteiger partial charge in [-0.05, 0) is 38.3 Å². The topological polar surface area (TPSA) is 43.8 Å². The van der Waals surface area contributed by atoms with E-state index in [9.17, 15) is 9.90 Å². The van der Waals surface area contributed by atoms with Gasteiger partial charge in [-0.1, -0.05) is 20.3 Å². The van der Waals surface area contributed by atoms with Crippen LogP contribution < -0.4 is 0 Å². The monoisotopic (exact) mass is 254 g/mol. The van der Waals surface area contributed by atoms with Crippen LogP contribution in [-0.4, -0.2) is 59.1 Å². The molecule has 0 aromatic carbocycles. The second-order valence-corrected chi connectivity index (χ2v) is 5.76. The molecule has 0 aromatic heterocycles. The van der Waals surface area contributed by atoms with Crippen molar-refractivity contribution < 1.29 is 9.90 Å². The summed E-state index contributed by atoms with van der Waals surface area (Å²) in [5, 5.41) is 9.91. The molecule has 3 atom stereocenters. The standard InChI is InChI=1S/C14H26N2O2/c1-3-15-8-5-4-6-12(15)14(18)16-9-7-11(2)13(17)10-16/h11-13,17H,3-10H2,1-2H3. The van der Waals surface area contributed by atoms with Crippen LogP contribution in [0.4, 0.5) is 0 Å². The van der Waals surface area contributed by atoms with Crippen LogP contribution in [0.25, 0.3) is 0 Å². The summed E-state index contributed by atoms with van der Waals surface area (Å²) < 4.78 is 0. The molecule has 0 aliphatic carbocycles. The van der Waals surface area contributed by atoms with Gasteiger partial charge in [-0.2, -0.15) is 0 Å². The molecule has 2 aliphatic rings. The first kappa shape index (κ1) is 13.8. The Morgan fingerprint density at radius 3 is 2.72 bits per heavy atom. The van der Waals surface area contributed by atoms with Gasteiger partial charge < -0.3 is 10.0 Å². The average molecular weight is 254 g/mol. The molecule has 2 aliphatic heterocycles. The van der Waals surface area contributed by atoms with Crippen LogP contribution in [0.5, 0.6) is 0 Å². The molecule has 0 radical (unpaired) electrons. The second kappa shape index (κ2) is 6.02. The van der Waals surface area contributed by atoms with Crippen molar-refractivity contribution in [2.75, 3.05) is 26.2 Å². The molecule has 0 spiro atoms. The predicted molar refractivity (Wildman–Crippen MR) is 71.3 cm³/mol. The highest BCUT2D eigenvalue weighted by atomic mass is 16.3. The fourth-order valence-corrected chi connectivity index (χ4v) is 3.11. The molecule has 1 amide bonds. The lowest BCUT2D eigenvalue weighted by Gasteiger charge is -2.40. The van der Waals surface area contributed by atoms with Crippen molar-refractivity contribution >= 4 is 5.91 Å². The quantitative estimate of drug-likeness (QED) is 0.802. The Hall–Kier alpha value is -0.610. The maximum Gasteiger partial charge on any atom is 0.240 e. The number of nitrogens with zero attached hydrogens (tertiary/aromatic N) is 2. The first-order valence-electron chi connectivity index (χ1n) is 7.34. The summed E-state index contributed by atoms with van der Waals surface area (Å²) in [6, 6.07) is 0.0596. The zero-order valence-corrected chi connectivity index (χ0v) is 11.6. The molecule has 2 saturated heterocycles. The zero-order valence-electron chi connectivity index (χ0n) is 11.6. The van der Waals surface area contributed by atoms with Crippen molar-refractivity contribution in [3.05, 3.63) is 0 Å². The summed E-state index contributed by atoms with van der Waals surface area (Å²) in [6.07, 6.45) is 3.92. The Labute approximate surface area is 110 Å². The molecule has 18 heavy (non-hydrogen) atoms. The molecule has 1 N–H and O–H groups in total. The van der Waals surface area contributed by atoms with Gasteiger partial charge in [-0.15, -0.1) is 0 Å². The van der Waals surface area contributed by atoms with Crippen LogP contribution >= 0.6 is 0 Å². The second-order valence-electron chi connectivity index (χ2n) is 5.76. The van der Waals surface area contributed by atoms with E-state index in [2.05, 4.69) is 18.7 Å². The molecule has 2 fully saturated rings. The number of amides is 1. The number of likely N-dealkylation sites (tertiary alicyclic amines) is 2. The lowest BCUT2D eigenvalue weighted by molar-refractivity contribution is -0.142. The van der Waals surface area contributed by atoms with Crippen molar-refractivity contribution in [3.63, 3.8) is 0 Å². The summed E-state index contributed by atoms with van der Waals surface area (Å²) in [5.41, 5.74) is 0. The highest BCUT2D eigenvalue weighted by Gasteiger charge is 2.34. The Kier molecular flexibility index (Phi) is 4.62. The van der Waals surface area contributed by atoms with E-state index >= 15 is 0 Å². The van der Waals surface area contributed by atoms with E-state index in [-0.39, 0.29) is 18.1 Å². The van der Waals surface area contributed by atoms with Crippen molar-refractivity contribution in [2.45, 2.75) is 51.7 Å². The van der Waals surface area contributed by atoms with Gasteiger partial charge in [-0.3, -0.25) is 9.69 Å². The number of likely N-dealkylation sites (N-methyl/N-ethyl adjacent to an activating group) is 1. The number of carbonyl (C=O) groups is 1. The average Bonchev–Trinajstić information content (AvgIpc) is 2.41. The summed E-state index contributed by atoms with van der Waals surface area (Å²) in [5.74, 6) is 0.560. The van der Waals surface area contributed by atoms with Gasteiger partial charge in [0.2, 0.25) is 5.91 Å². The molecular weight excluding hydrogens is 228 g/mol. The van der Waals surface area contributed by atoms with E-state index < -0.39 is 0 Å². The van der Waals surface area contributed by atoms with Crippen LogP contribution in [0.2, 0.25) is 0 Å². The molecule has 4 heteroatoms. The van der Waals surface area contributed by atoms with Gasteiger partial charge in [0.25, 0.3) is 0 Å². The normalized spacial score (nSPS) is 34.6. The van der Waals surface area contributed by atoms with Crippen molar-refractivity contribution in [1.82, 2.24) is 9.80 Å². The minimum Gasteiger partial charge on any atom is -0.391 e. The molecular formula is C14H26N2O2. The van der Waals surface area contributed by atoms with Crippen molar-refractivity contribution in [3.8, 4) is 0 Å². The third-order valence-corrected chi connectivity index (χ3v) is 4.54. The summed E-state index contributed by atoms with van der Waals surface area (Å²) in [4.78, 5) is 16.7. The first-order valence-corrected chi connectivity index (χ1v) is 7.34. The number of piperidine rings is 2. The van der Waals surface area contributed by atoms with E-state index in [1.165, 1.54) is 6.42 Å². The molecule has 2 heterocycles. The Bertz CT molecular complexity index is 296. The molecule has 3 unspecified atom stereocenters. The Morgan fingerprint density at radius 1 is 1.28 bits per heavy atom. The number of carbonyl (C=O) groups excluding carboxylic acids is 1. The fourth-order valence-electron chi connectivity index (χ4n) is 3.11. The minimum atomic E-state index is -0.346. The third-order valence-electron chi connectivity index (χ3n) is 4.54. The summed E-state index contributed by atoms with van der Waals surface area (Å²) in [6.45, 7) is 7.51. The fraction of sp³-hybridized carbons (Fsp3) is 0.929. The van der Waals surface area contributed by atoms with E-state index in [0.29, 0.717) is 12.5 Å². The third kappa shape index (κ3) is 2.86. The van der Waals surface area contributed by atoms with E-state index in [4.69, 9.17) is 0 Å².